The molecule has 2 heterocycles. The fourth-order valence-corrected chi connectivity index (χ4v) is 2.23. The molecule has 0 bridgehead atoms. The molecule has 4 nitrogen and oxygen atoms in total. The Kier molecular flexibility index (Phi) is 3.48. The van der Waals surface area contributed by atoms with Crippen molar-refractivity contribution >= 4 is 28.3 Å². The van der Waals surface area contributed by atoms with E-state index in [2.05, 4.69) is 26.3 Å². The van der Waals surface area contributed by atoms with Gasteiger partial charge in [0.25, 0.3) is 0 Å². The van der Waals surface area contributed by atoms with E-state index >= 15 is 0 Å². The standard InChI is InChI=1S/C15H13ClN4/c1-10-18-9-13(16)15(20-10)19-8-11-6-7-17-14-5-3-2-4-12(11)14/h2-7,9H,8H2,1H3,(H,18,19,20). The minimum atomic E-state index is 0.522. The molecule has 0 spiro atoms. The van der Waals surface area contributed by atoms with Crippen LogP contribution in [-0.2, 0) is 6.54 Å². The van der Waals surface area contributed by atoms with Crippen LogP contribution in [-0.4, -0.2) is 15.0 Å². The van der Waals surface area contributed by atoms with Gasteiger partial charge in [0, 0.05) is 18.1 Å². The highest BCUT2D eigenvalue weighted by Crippen LogP contribution is 2.21. The van der Waals surface area contributed by atoms with Crippen molar-refractivity contribution in [3.8, 4) is 0 Å². The third-order valence-electron chi connectivity index (χ3n) is 3.05. The van der Waals surface area contributed by atoms with Gasteiger partial charge >= 0.3 is 0 Å². The average Bonchev–Trinajstić information content (AvgIpc) is 2.48. The number of anilines is 1. The maximum Gasteiger partial charge on any atom is 0.148 e. The van der Waals surface area contributed by atoms with Gasteiger partial charge in [-0.15, -0.1) is 0 Å². The first-order valence-corrected chi connectivity index (χ1v) is 6.67. The molecule has 5 heteroatoms. The lowest BCUT2D eigenvalue weighted by Crippen LogP contribution is -2.04. The summed E-state index contributed by atoms with van der Waals surface area (Å²) in [6, 6.07) is 10.1. The molecule has 0 radical (unpaired) electrons. The van der Waals surface area contributed by atoms with Crippen molar-refractivity contribution in [1.29, 1.82) is 0 Å². The van der Waals surface area contributed by atoms with Crippen molar-refractivity contribution < 1.29 is 0 Å². The fraction of sp³-hybridized carbons (Fsp3) is 0.133. The Hall–Kier alpha value is -2.20. The summed E-state index contributed by atoms with van der Waals surface area (Å²) in [7, 11) is 0. The first-order valence-electron chi connectivity index (χ1n) is 6.29. The number of hydrogen-bond acceptors (Lipinski definition) is 4. The Morgan fingerprint density at radius 1 is 1.15 bits per heavy atom. The predicted molar refractivity (Wildman–Crippen MR) is 80.8 cm³/mol. The molecule has 3 rings (SSSR count). The quantitative estimate of drug-likeness (QED) is 0.798. The van der Waals surface area contributed by atoms with E-state index in [1.807, 2.05) is 37.4 Å². The van der Waals surface area contributed by atoms with E-state index in [9.17, 15) is 0 Å². The zero-order chi connectivity index (χ0) is 13.9. The summed E-state index contributed by atoms with van der Waals surface area (Å²) in [5.74, 6) is 1.34. The van der Waals surface area contributed by atoms with Crippen molar-refractivity contribution in [3.63, 3.8) is 0 Å². The SMILES string of the molecule is Cc1ncc(Cl)c(NCc2ccnc3ccccc23)n1. The second kappa shape index (κ2) is 5.43. The van der Waals surface area contributed by atoms with Gasteiger partial charge in [-0.1, -0.05) is 29.8 Å². The number of nitrogens with one attached hydrogen (secondary N) is 1. The molecule has 0 fully saturated rings. The van der Waals surface area contributed by atoms with Gasteiger partial charge < -0.3 is 5.32 Å². The zero-order valence-corrected chi connectivity index (χ0v) is 11.7. The lowest BCUT2D eigenvalue weighted by atomic mass is 10.1. The number of aromatic nitrogens is 3. The Labute approximate surface area is 121 Å². The van der Waals surface area contributed by atoms with E-state index in [0.29, 0.717) is 23.2 Å². The highest BCUT2D eigenvalue weighted by atomic mass is 35.5. The molecule has 0 amide bonds. The van der Waals surface area contributed by atoms with Gasteiger partial charge in [-0.25, -0.2) is 9.97 Å². The van der Waals surface area contributed by atoms with Gasteiger partial charge in [-0.05, 0) is 24.6 Å². The summed E-state index contributed by atoms with van der Waals surface area (Å²) in [6.07, 6.45) is 3.42. The maximum atomic E-state index is 6.08. The second-order valence-corrected chi connectivity index (χ2v) is 4.86. The Morgan fingerprint density at radius 2 is 2.00 bits per heavy atom. The number of halogens is 1. The monoisotopic (exact) mass is 284 g/mol. The summed E-state index contributed by atoms with van der Waals surface area (Å²) in [5.41, 5.74) is 2.14. The summed E-state index contributed by atoms with van der Waals surface area (Å²) in [5, 5.41) is 4.90. The molecule has 1 aromatic carbocycles. The molecule has 0 aliphatic heterocycles. The largest absolute Gasteiger partial charge is 0.365 e. The number of pyridine rings is 1. The van der Waals surface area contributed by atoms with E-state index in [1.54, 1.807) is 6.20 Å². The molecule has 0 aliphatic rings. The highest BCUT2D eigenvalue weighted by Gasteiger charge is 2.05. The van der Waals surface area contributed by atoms with Crippen LogP contribution in [0.4, 0.5) is 5.82 Å². The molecule has 3 aromatic rings. The molecule has 100 valence electrons. The van der Waals surface area contributed by atoms with Crippen molar-refractivity contribution in [1.82, 2.24) is 15.0 Å². The van der Waals surface area contributed by atoms with Crippen LogP contribution in [0.2, 0.25) is 5.02 Å². The Morgan fingerprint density at radius 3 is 2.90 bits per heavy atom. The van der Waals surface area contributed by atoms with Crippen molar-refractivity contribution in [2.75, 3.05) is 5.32 Å². The molecule has 0 unspecified atom stereocenters. The molecule has 2 aromatic heterocycles. The molecule has 20 heavy (non-hydrogen) atoms. The van der Waals surface area contributed by atoms with Crippen LogP contribution < -0.4 is 5.32 Å². The van der Waals surface area contributed by atoms with Crippen LogP contribution in [0.15, 0.2) is 42.7 Å². The molecule has 0 atom stereocenters. The Balaban J connectivity index is 1.89. The average molecular weight is 285 g/mol. The molecule has 0 saturated heterocycles. The maximum absolute atomic E-state index is 6.08. The van der Waals surface area contributed by atoms with E-state index in [0.717, 1.165) is 16.5 Å². The van der Waals surface area contributed by atoms with Gasteiger partial charge in [0.05, 0.1) is 11.7 Å². The van der Waals surface area contributed by atoms with Crippen molar-refractivity contribution in [2.45, 2.75) is 13.5 Å². The smallest absolute Gasteiger partial charge is 0.148 e. The van der Waals surface area contributed by atoms with Crippen LogP contribution in [0.1, 0.15) is 11.4 Å². The lowest BCUT2D eigenvalue weighted by Gasteiger charge is -2.09. The van der Waals surface area contributed by atoms with Crippen molar-refractivity contribution in [2.24, 2.45) is 0 Å². The van der Waals surface area contributed by atoms with E-state index in [-0.39, 0.29) is 0 Å². The van der Waals surface area contributed by atoms with E-state index < -0.39 is 0 Å². The summed E-state index contributed by atoms with van der Waals surface area (Å²) >= 11 is 6.08. The molecular weight excluding hydrogens is 272 g/mol. The van der Waals surface area contributed by atoms with Gasteiger partial charge in [0.1, 0.15) is 16.7 Å². The third kappa shape index (κ3) is 2.56. The number of rotatable bonds is 3. The number of hydrogen-bond donors (Lipinski definition) is 1. The minimum absolute atomic E-state index is 0.522. The molecule has 0 aliphatic carbocycles. The number of benzene rings is 1. The highest BCUT2D eigenvalue weighted by molar-refractivity contribution is 6.32. The fourth-order valence-electron chi connectivity index (χ4n) is 2.07. The van der Waals surface area contributed by atoms with Gasteiger partial charge in [-0.2, -0.15) is 0 Å². The summed E-state index contributed by atoms with van der Waals surface area (Å²) < 4.78 is 0. The summed E-state index contributed by atoms with van der Waals surface area (Å²) in [4.78, 5) is 12.7. The third-order valence-corrected chi connectivity index (χ3v) is 3.33. The zero-order valence-electron chi connectivity index (χ0n) is 11.0. The number of nitrogens with zero attached hydrogens (tertiary/aromatic N) is 3. The topological polar surface area (TPSA) is 50.7 Å². The molecule has 0 saturated carbocycles. The normalized spacial score (nSPS) is 10.7. The Bertz CT molecular complexity index is 752. The van der Waals surface area contributed by atoms with Crippen molar-refractivity contribution in [3.05, 3.63) is 59.1 Å². The van der Waals surface area contributed by atoms with Crippen LogP contribution in [0.5, 0.6) is 0 Å². The minimum Gasteiger partial charge on any atom is -0.365 e. The van der Waals surface area contributed by atoms with Crippen LogP contribution >= 0.6 is 11.6 Å². The van der Waals surface area contributed by atoms with Gasteiger partial charge in [0.2, 0.25) is 0 Å². The van der Waals surface area contributed by atoms with E-state index in [1.165, 1.54) is 0 Å². The molecular formula is C15H13ClN4. The van der Waals surface area contributed by atoms with Crippen LogP contribution in [0.3, 0.4) is 0 Å². The number of para-hydroxylation sites is 1. The second-order valence-electron chi connectivity index (χ2n) is 4.45. The van der Waals surface area contributed by atoms with Crippen LogP contribution in [0.25, 0.3) is 10.9 Å². The lowest BCUT2D eigenvalue weighted by molar-refractivity contribution is 1.02. The number of fused-ring (bicyclic) bond motifs is 1. The number of aryl methyl sites for hydroxylation is 1. The van der Waals surface area contributed by atoms with Crippen LogP contribution in [0, 0.1) is 6.92 Å². The first-order chi connectivity index (χ1) is 9.74. The predicted octanol–water partition coefficient (Wildman–Crippen LogP) is 3.60. The first kappa shape index (κ1) is 12.8. The summed E-state index contributed by atoms with van der Waals surface area (Å²) in [6.45, 7) is 2.47. The van der Waals surface area contributed by atoms with E-state index in [4.69, 9.17) is 11.6 Å². The van der Waals surface area contributed by atoms with Gasteiger partial charge in [-0.3, -0.25) is 4.98 Å². The molecule has 1 N–H and O–H groups in total. The van der Waals surface area contributed by atoms with Gasteiger partial charge in [0.15, 0.2) is 0 Å².